The first-order valence-corrected chi connectivity index (χ1v) is 11.1. The van der Waals surface area contributed by atoms with Crippen molar-refractivity contribution in [2.45, 2.75) is 96.8 Å². The summed E-state index contributed by atoms with van der Waals surface area (Å²) in [6.45, 7) is 3.68. The molecule has 0 aliphatic rings. The molecule has 0 N–H and O–H groups in total. The van der Waals surface area contributed by atoms with Gasteiger partial charge in [0.2, 0.25) is 0 Å². The molecular formula is C23H47ClNO2+. The van der Waals surface area contributed by atoms with Gasteiger partial charge in [0.15, 0.2) is 0 Å². The van der Waals surface area contributed by atoms with Crippen molar-refractivity contribution in [3.05, 3.63) is 12.2 Å². The van der Waals surface area contributed by atoms with Gasteiger partial charge in [0, 0.05) is 6.42 Å². The van der Waals surface area contributed by atoms with E-state index >= 15 is 0 Å². The Morgan fingerprint density at radius 2 is 1.26 bits per heavy atom. The van der Waals surface area contributed by atoms with E-state index in [0.717, 1.165) is 23.9 Å². The highest BCUT2D eigenvalue weighted by atomic mass is 35.5. The third kappa shape index (κ3) is 25.5. The van der Waals surface area contributed by atoms with Crippen LogP contribution in [0, 0.1) is 0 Å². The topological polar surface area (TPSA) is 26.3 Å². The van der Waals surface area contributed by atoms with Crippen LogP contribution in [0.2, 0.25) is 0 Å². The Labute approximate surface area is 175 Å². The number of nitrogens with zero attached hydrogens (tertiary/aromatic N) is 1. The largest absolute Gasteiger partial charge is 0.460 e. The van der Waals surface area contributed by atoms with Crippen molar-refractivity contribution in [1.29, 1.82) is 0 Å². The number of esters is 1. The molecule has 0 saturated heterocycles. The highest BCUT2D eigenvalue weighted by molar-refractivity contribution is 5.85. The van der Waals surface area contributed by atoms with Crippen LogP contribution in [0.1, 0.15) is 96.8 Å². The van der Waals surface area contributed by atoms with E-state index in [-0.39, 0.29) is 18.4 Å². The Kier molecular flexibility index (Phi) is 21.4. The lowest BCUT2D eigenvalue weighted by atomic mass is 10.1. The van der Waals surface area contributed by atoms with Gasteiger partial charge in [0.1, 0.15) is 13.2 Å². The van der Waals surface area contributed by atoms with Gasteiger partial charge in [-0.15, -0.1) is 12.4 Å². The van der Waals surface area contributed by atoms with E-state index in [2.05, 4.69) is 40.2 Å². The van der Waals surface area contributed by atoms with Crippen LogP contribution in [-0.4, -0.2) is 44.7 Å². The zero-order chi connectivity index (χ0) is 19.5. The molecule has 0 aromatic rings. The summed E-state index contributed by atoms with van der Waals surface area (Å²) in [5, 5.41) is 0. The zero-order valence-corrected chi connectivity index (χ0v) is 19.5. The Morgan fingerprint density at radius 3 is 1.78 bits per heavy atom. The van der Waals surface area contributed by atoms with Gasteiger partial charge in [-0.25, -0.2) is 0 Å². The van der Waals surface area contributed by atoms with E-state index in [1.807, 2.05) is 0 Å². The maximum absolute atomic E-state index is 11.6. The van der Waals surface area contributed by atoms with Crippen molar-refractivity contribution in [1.82, 2.24) is 0 Å². The van der Waals surface area contributed by atoms with Gasteiger partial charge in [-0.05, 0) is 32.1 Å². The van der Waals surface area contributed by atoms with Crippen LogP contribution in [0.25, 0.3) is 0 Å². The fourth-order valence-corrected chi connectivity index (χ4v) is 2.85. The molecule has 0 radical (unpaired) electrons. The predicted octanol–water partition coefficient (Wildman–Crippen LogP) is 6.70. The summed E-state index contributed by atoms with van der Waals surface area (Å²) in [6.07, 6.45) is 22.0. The number of likely N-dealkylation sites (N-methyl/N-ethyl adjacent to an activating group) is 1. The molecule has 162 valence electrons. The Morgan fingerprint density at radius 1 is 0.778 bits per heavy atom. The summed E-state index contributed by atoms with van der Waals surface area (Å²) in [5.41, 5.74) is 0. The first-order valence-electron chi connectivity index (χ1n) is 11.1. The van der Waals surface area contributed by atoms with Crippen LogP contribution in [0.4, 0.5) is 0 Å². The number of carbonyl (C=O) groups is 1. The molecule has 0 saturated carbocycles. The predicted molar refractivity (Wildman–Crippen MR) is 121 cm³/mol. The van der Waals surface area contributed by atoms with Crippen LogP contribution >= 0.6 is 12.4 Å². The summed E-state index contributed by atoms with van der Waals surface area (Å²) < 4.78 is 6.11. The van der Waals surface area contributed by atoms with E-state index in [1.165, 1.54) is 70.6 Å². The summed E-state index contributed by atoms with van der Waals surface area (Å²) >= 11 is 0. The van der Waals surface area contributed by atoms with Gasteiger partial charge in [0.25, 0.3) is 0 Å². The van der Waals surface area contributed by atoms with Gasteiger partial charge < -0.3 is 9.22 Å². The first kappa shape index (κ1) is 28.7. The molecule has 0 aliphatic carbocycles. The number of carbonyl (C=O) groups excluding carboxylic acids is 1. The molecule has 0 aromatic carbocycles. The second kappa shape index (κ2) is 20.2. The molecule has 0 atom stereocenters. The number of allylic oxidation sites excluding steroid dienone is 2. The number of hydrogen-bond acceptors (Lipinski definition) is 2. The van der Waals surface area contributed by atoms with Gasteiger partial charge in [-0.1, -0.05) is 70.4 Å². The smallest absolute Gasteiger partial charge is 0.305 e. The van der Waals surface area contributed by atoms with Crippen molar-refractivity contribution < 1.29 is 14.0 Å². The van der Waals surface area contributed by atoms with E-state index in [0.29, 0.717) is 13.0 Å². The monoisotopic (exact) mass is 404 g/mol. The molecule has 0 amide bonds. The number of rotatable bonds is 18. The summed E-state index contributed by atoms with van der Waals surface area (Å²) in [7, 11) is 6.33. The van der Waals surface area contributed by atoms with E-state index in [9.17, 15) is 4.79 Å². The van der Waals surface area contributed by atoms with Gasteiger partial charge in [-0.2, -0.15) is 0 Å². The fourth-order valence-electron chi connectivity index (χ4n) is 2.85. The molecule has 3 nitrogen and oxygen atoms in total. The van der Waals surface area contributed by atoms with Crippen LogP contribution in [0.5, 0.6) is 0 Å². The van der Waals surface area contributed by atoms with E-state index < -0.39 is 0 Å². The van der Waals surface area contributed by atoms with Gasteiger partial charge >= 0.3 is 5.97 Å². The van der Waals surface area contributed by atoms with E-state index in [4.69, 9.17) is 4.74 Å². The number of ether oxygens (including phenoxy) is 1. The highest BCUT2D eigenvalue weighted by Crippen LogP contribution is 2.10. The standard InChI is InChI=1S/C23H46NO2.ClH/c1-5-6-7-8-9-10-11-12-13-14-15-16-17-18-19-20-23(25)26-22-21-24(2,3)4;/h12-13H,5-11,14-22H2,1-4H3;1H/q+1;/b13-12-;. The number of unbranched alkanes of at least 4 members (excludes halogenated alkanes) is 11. The third-order valence-electron chi connectivity index (χ3n) is 4.67. The quantitative estimate of drug-likeness (QED) is 0.110. The molecule has 0 rings (SSSR count). The lowest BCUT2D eigenvalue weighted by Crippen LogP contribution is -2.37. The molecule has 0 bridgehead atoms. The SMILES string of the molecule is CCCCCCCC/C=C\CCCCCCCC(=O)OCC[N+](C)(C)C.Cl. The molecule has 4 heteroatoms. The molecule has 0 spiro atoms. The molecular weight excluding hydrogens is 358 g/mol. The third-order valence-corrected chi connectivity index (χ3v) is 4.67. The number of quaternary nitrogens is 1. The van der Waals surface area contributed by atoms with Crippen LogP contribution in [0.15, 0.2) is 12.2 Å². The Bertz CT molecular complexity index is 351. The minimum atomic E-state index is -0.0314. The number of hydrogen-bond donors (Lipinski definition) is 0. The Balaban J connectivity index is 0. The zero-order valence-electron chi connectivity index (χ0n) is 18.6. The summed E-state index contributed by atoms with van der Waals surface area (Å²) in [4.78, 5) is 11.6. The minimum Gasteiger partial charge on any atom is -0.460 e. The van der Waals surface area contributed by atoms with Crippen LogP contribution in [0.3, 0.4) is 0 Å². The second-order valence-electron chi connectivity index (χ2n) is 8.57. The second-order valence-corrected chi connectivity index (χ2v) is 8.57. The summed E-state index contributed by atoms with van der Waals surface area (Å²) in [6, 6.07) is 0. The van der Waals surface area contributed by atoms with Gasteiger partial charge in [0.05, 0.1) is 21.1 Å². The van der Waals surface area contributed by atoms with Crippen molar-refractivity contribution in [3.63, 3.8) is 0 Å². The molecule has 0 aliphatic heterocycles. The molecule has 27 heavy (non-hydrogen) atoms. The highest BCUT2D eigenvalue weighted by Gasteiger charge is 2.09. The first-order chi connectivity index (χ1) is 12.5. The van der Waals surface area contributed by atoms with Crippen molar-refractivity contribution in [2.75, 3.05) is 34.3 Å². The molecule has 0 heterocycles. The average molecular weight is 405 g/mol. The van der Waals surface area contributed by atoms with Crippen molar-refractivity contribution in [3.8, 4) is 0 Å². The fraction of sp³-hybridized carbons (Fsp3) is 0.870. The lowest BCUT2D eigenvalue weighted by molar-refractivity contribution is -0.870. The number of halogens is 1. The summed E-state index contributed by atoms with van der Waals surface area (Å²) in [5.74, 6) is -0.0314. The van der Waals surface area contributed by atoms with E-state index in [1.54, 1.807) is 0 Å². The minimum absolute atomic E-state index is 0. The van der Waals surface area contributed by atoms with Gasteiger partial charge in [-0.3, -0.25) is 4.79 Å². The van der Waals surface area contributed by atoms with Crippen molar-refractivity contribution in [2.24, 2.45) is 0 Å². The molecule has 0 fully saturated rings. The lowest BCUT2D eigenvalue weighted by Gasteiger charge is -2.23. The Hall–Kier alpha value is -0.540. The average Bonchev–Trinajstić information content (AvgIpc) is 2.57. The van der Waals surface area contributed by atoms with Crippen molar-refractivity contribution >= 4 is 18.4 Å². The van der Waals surface area contributed by atoms with Crippen LogP contribution < -0.4 is 0 Å². The normalized spacial score (nSPS) is 11.6. The maximum atomic E-state index is 11.6. The molecule has 0 aromatic heterocycles. The maximum Gasteiger partial charge on any atom is 0.305 e. The molecule has 0 unspecified atom stereocenters. The van der Waals surface area contributed by atoms with Crippen LogP contribution in [-0.2, 0) is 9.53 Å².